The summed E-state index contributed by atoms with van der Waals surface area (Å²) in [6.07, 6.45) is -2.11. The molecule has 1 amide bonds. The highest BCUT2D eigenvalue weighted by Gasteiger charge is 2.30. The number of hydrogen-bond donors (Lipinski definition) is 1. The molecule has 0 bridgehead atoms. The van der Waals surface area contributed by atoms with E-state index in [0.29, 0.717) is 17.0 Å². The van der Waals surface area contributed by atoms with Gasteiger partial charge in [-0.25, -0.2) is 0 Å². The lowest BCUT2D eigenvalue weighted by Crippen LogP contribution is -2.28. The predicted octanol–water partition coefficient (Wildman–Crippen LogP) is 4.44. The van der Waals surface area contributed by atoms with Crippen molar-refractivity contribution in [2.45, 2.75) is 31.5 Å². The number of halogens is 3. The molecular weight excluding hydrogens is 353 g/mol. The minimum Gasteiger partial charge on any atom is -0.337 e. The first kappa shape index (κ1) is 19.4. The molecule has 1 saturated heterocycles. The first-order valence-electron chi connectivity index (χ1n) is 9.07. The fraction of sp³-hybridized carbons (Fsp3) is 0.381. The zero-order valence-electron chi connectivity index (χ0n) is 15.2. The summed E-state index contributed by atoms with van der Waals surface area (Å²) >= 11 is 0. The summed E-state index contributed by atoms with van der Waals surface area (Å²) in [7, 11) is 1.60. The van der Waals surface area contributed by atoms with Crippen LogP contribution in [0.15, 0.2) is 48.5 Å². The van der Waals surface area contributed by atoms with Crippen LogP contribution in [-0.4, -0.2) is 30.9 Å². The first-order valence-corrected chi connectivity index (χ1v) is 9.07. The molecule has 0 aliphatic carbocycles. The van der Waals surface area contributed by atoms with Crippen molar-refractivity contribution in [1.29, 1.82) is 0 Å². The molecule has 1 aliphatic rings. The number of nitrogens with one attached hydrogen (secondary N) is 1. The third kappa shape index (κ3) is 4.89. The molecule has 0 radical (unpaired) electrons. The van der Waals surface area contributed by atoms with Gasteiger partial charge in [0.25, 0.3) is 5.91 Å². The Balaban J connectivity index is 1.66. The standard InChI is InChI=1S/C21H23F3N2O/c1-26(14-15-4-2-6-19(12-15)21(22,23)24)20(27)17-9-7-16(8-10-17)18-5-3-11-25-13-18/h2,4,6-10,12,18,25H,3,5,11,13-14H2,1H3/t18-/m0/s1. The highest BCUT2D eigenvalue weighted by atomic mass is 19.4. The summed E-state index contributed by atoms with van der Waals surface area (Å²) in [6, 6.07) is 12.6. The van der Waals surface area contributed by atoms with Crippen LogP contribution >= 0.6 is 0 Å². The predicted molar refractivity (Wildman–Crippen MR) is 98.5 cm³/mol. The van der Waals surface area contributed by atoms with E-state index in [9.17, 15) is 18.0 Å². The Labute approximate surface area is 157 Å². The Morgan fingerprint density at radius 3 is 2.56 bits per heavy atom. The highest BCUT2D eigenvalue weighted by molar-refractivity contribution is 5.94. The van der Waals surface area contributed by atoms with E-state index in [-0.39, 0.29) is 12.5 Å². The molecular formula is C21H23F3N2O. The van der Waals surface area contributed by atoms with Gasteiger partial charge in [-0.1, -0.05) is 24.3 Å². The molecule has 1 atom stereocenters. The molecule has 0 spiro atoms. The molecule has 144 valence electrons. The Morgan fingerprint density at radius 2 is 1.93 bits per heavy atom. The second-order valence-electron chi connectivity index (χ2n) is 7.02. The Kier molecular flexibility index (Phi) is 5.85. The first-order chi connectivity index (χ1) is 12.8. The van der Waals surface area contributed by atoms with Crippen LogP contribution in [0.4, 0.5) is 13.2 Å². The second kappa shape index (κ2) is 8.13. The van der Waals surface area contributed by atoms with Gasteiger partial charge in [-0.15, -0.1) is 0 Å². The van der Waals surface area contributed by atoms with Crippen LogP contribution in [0.2, 0.25) is 0 Å². The normalized spacial score (nSPS) is 17.6. The average Bonchev–Trinajstić information content (AvgIpc) is 2.68. The van der Waals surface area contributed by atoms with Crippen molar-refractivity contribution in [2.24, 2.45) is 0 Å². The molecule has 27 heavy (non-hydrogen) atoms. The third-order valence-electron chi connectivity index (χ3n) is 4.95. The molecule has 1 fully saturated rings. The molecule has 2 aromatic carbocycles. The van der Waals surface area contributed by atoms with E-state index in [4.69, 9.17) is 0 Å². The van der Waals surface area contributed by atoms with E-state index in [1.807, 2.05) is 12.1 Å². The van der Waals surface area contributed by atoms with E-state index in [1.165, 1.54) is 16.5 Å². The maximum atomic E-state index is 12.8. The number of rotatable bonds is 4. The van der Waals surface area contributed by atoms with Crippen molar-refractivity contribution in [1.82, 2.24) is 10.2 Å². The van der Waals surface area contributed by atoms with Gasteiger partial charge in [0.2, 0.25) is 0 Å². The van der Waals surface area contributed by atoms with Gasteiger partial charge in [-0.05, 0) is 60.7 Å². The molecule has 3 rings (SSSR count). The smallest absolute Gasteiger partial charge is 0.337 e. The minimum absolute atomic E-state index is 0.122. The second-order valence-corrected chi connectivity index (χ2v) is 7.02. The summed E-state index contributed by atoms with van der Waals surface area (Å²) in [6.45, 7) is 2.12. The Hall–Kier alpha value is -2.34. The maximum absolute atomic E-state index is 12.8. The van der Waals surface area contributed by atoms with Gasteiger partial charge in [0.05, 0.1) is 5.56 Å². The van der Waals surface area contributed by atoms with Gasteiger partial charge in [-0.3, -0.25) is 4.79 Å². The fourth-order valence-electron chi connectivity index (χ4n) is 3.45. The summed E-state index contributed by atoms with van der Waals surface area (Å²) in [5.74, 6) is 0.256. The van der Waals surface area contributed by atoms with Crippen LogP contribution in [-0.2, 0) is 12.7 Å². The maximum Gasteiger partial charge on any atom is 0.416 e. The number of piperidine rings is 1. The van der Waals surface area contributed by atoms with Gasteiger partial charge in [0.15, 0.2) is 0 Å². The van der Waals surface area contributed by atoms with E-state index < -0.39 is 11.7 Å². The Morgan fingerprint density at radius 1 is 1.19 bits per heavy atom. The largest absolute Gasteiger partial charge is 0.416 e. The molecule has 1 N–H and O–H groups in total. The zero-order chi connectivity index (χ0) is 19.4. The van der Waals surface area contributed by atoms with Crippen LogP contribution in [0.5, 0.6) is 0 Å². The Bertz CT molecular complexity index is 781. The van der Waals surface area contributed by atoms with E-state index >= 15 is 0 Å². The van der Waals surface area contributed by atoms with Crippen molar-refractivity contribution < 1.29 is 18.0 Å². The summed E-state index contributed by atoms with van der Waals surface area (Å²) < 4.78 is 38.5. The van der Waals surface area contributed by atoms with Gasteiger partial charge in [0.1, 0.15) is 0 Å². The summed E-state index contributed by atoms with van der Waals surface area (Å²) in [5.41, 5.74) is 1.49. The fourth-order valence-corrected chi connectivity index (χ4v) is 3.45. The number of carbonyl (C=O) groups excluding carboxylic acids is 1. The highest BCUT2D eigenvalue weighted by Crippen LogP contribution is 2.30. The topological polar surface area (TPSA) is 32.3 Å². The number of nitrogens with zero attached hydrogens (tertiary/aromatic N) is 1. The number of carbonyl (C=O) groups is 1. The van der Waals surface area contributed by atoms with Gasteiger partial charge in [0, 0.05) is 25.7 Å². The van der Waals surface area contributed by atoms with Crippen molar-refractivity contribution in [3.05, 3.63) is 70.8 Å². The van der Waals surface area contributed by atoms with Crippen molar-refractivity contribution in [3.63, 3.8) is 0 Å². The molecule has 6 heteroatoms. The monoisotopic (exact) mass is 376 g/mol. The van der Waals surface area contributed by atoms with Crippen LogP contribution < -0.4 is 5.32 Å². The average molecular weight is 376 g/mol. The molecule has 0 aromatic heterocycles. The molecule has 0 unspecified atom stereocenters. The van der Waals surface area contributed by atoms with Crippen LogP contribution in [0.3, 0.4) is 0 Å². The SMILES string of the molecule is CN(Cc1cccc(C(F)(F)F)c1)C(=O)c1ccc([C@H]2CCCNC2)cc1. The number of amides is 1. The lowest BCUT2D eigenvalue weighted by atomic mass is 9.91. The summed E-state index contributed by atoms with van der Waals surface area (Å²) in [5, 5.41) is 3.38. The van der Waals surface area contributed by atoms with Crippen LogP contribution in [0.25, 0.3) is 0 Å². The van der Waals surface area contributed by atoms with E-state index in [0.717, 1.165) is 38.1 Å². The van der Waals surface area contributed by atoms with E-state index in [2.05, 4.69) is 5.32 Å². The number of alkyl halides is 3. The van der Waals surface area contributed by atoms with Gasteiger partial charge in [-0.2, -0.15) is 13.2 Å². The number of hydrogen-bond acceptors (Lipinski definition) is 2. The minimum atomic E-state index is -4.39. The van der Waals surface area contributed by atoms with Crippen LogP contribution in [0, 0.1) is 0 Å². The molecule has 0 saturated carbocycles. The van der Waals surface area contributed by atoms with Crippen molar-refractivity contribution >= 4 is 5.91 Å². The van der Waals surface area contributed by atoms with Gasteiger partial charge < -0.3 is 10.2 Å². The van der Waals surface area contributed by atoms with Gasteiger partial charge >= 0.3 is 6.18 Å². The summed E-state index contributed by atoms with van der Waals surface area (Å²) in [4.78, 5) is 14.0. The van der Waals surface area contributed by atoms with Crippen molar-refractivity contribution in [2.75, 3.05) is 20.1 Å². The lowest BCUT2D eigenvalue weighted by Gasteiger charge is -2.23. The number of benzene rings is 2. The molecule has 1 heterocycles. The third-order valence-corrected chi connectivity index (χ3v) is 4.95. The molecule has 3 nitrogen and oxygen atoms in total. The molecule has 2 aromatic rings. The molecule has 1 aliphatic heterocycles. The lowest BCUT2D eigenvalue weighted by molar-refractivity contribution is -0.137. The van der Waals surface area contributed by atoms with E-state index in [1.54, 1.807) is 25.2 Å². The van der Waals surface area contributed by atoms with Crippen LogP contribution in [0.1, 0.15) is 45.8 Å². The quantitative estimate of drug-likeness (QED) is 0.855. The van der Waals surface area contributed by atoms with Crippen molar-refractivity contribution in [3.8, 4) is 0 Å². The zero-order valence-corrected chi connectivity index (χ0v) is 15.2.